The number of rotatable bonds is 4. The molecule has 0 saturated carbocycles. The van der Waals surface area contributed by atoms with Crippen LogP contribution in [0.25, 0.3) is 0 Å². The zero-order valence-electron chi connectivity index (χ0n) is 9.15. The molecule has 96 valence electrons. The number of hydrogen-bond acceptors (Lipinski definition) is 2. The van der Waals surface area contributed by atoms with Gasteiger partial charge in [0.25, 0.3) is 0 Å². The Balaban J connectivity index is 2.45. The Labute approximate surface area is 102 Å². The van der Waals surface area contributed by atoms with E-state index in [0.29, 0.717) is 18.5 Å². The summed E-state index contributed by atoms with van der Waals surface area (Å²) in [7, 11) is 0. The van der Waals surface area contributed by atoms with Crippen LogP contribution < -0.4 is 0 Å². The first kappa shape index (κ1) is 14.3. The van der Waals surface area contributed by atoms with E-state index < -0.39 is 12.3 Å². The van der Waals surface area contributed by atoms with Crippen molar-refractivity contribution in [3.63, 3.8) is 0 Å². The quantitative estimate of drug-likeness (QED) is 0.743. The van der Waals surface area contributed by atoms with Gasteiger partial charge in [0.2, 0.25) is 0 Å². The molecule has 0 bridgehead atoms. The molecule has 1 rings (SSSR count). The lowest BCUT2D eigenvalue weighted by Crippen LogP contribution is -2.39. The van der Waals surface area contributed by atoms with Gasteiger partial charge in [0.05, 0.1) is 6.61 Å². The molecule has 1 aliphatic rings. The molecule has 2 nitrogen and oxygen atoms in total. The summed E-state index contributed by atoms with van der Waals surface area (Å²) in [5, 5.41) is 0.647. The highest BCUT2D eigenvalue weighted by molar-refractivity contribution is 9.09. The van der Waals surface area contributed by atoms with E-state index in [1.165, 1.54) is 0 Å². The molecule has 0 amide bonds. The van der Waals surface area contributed by atoms with Gasteiger partial charge in [-0.05, 0) is 19.8 Å². The smallest absolute Gasteiger partial charge is 0.381 e. The third-order valence-electron chi connectivity index (χ3n) is 2.94. The number of halogens is 4. The van der Waals surface area contributed by atoms with E-state index >= 15 is 0 Å². The number of hydrogen-bond donors (Lipinski definition) is 0. The fourth-order valence-electron chi connectivity index (χ4n) is 1.52. The van der Waals surface area contributed by atoms with Crippen molar-refractivity contribution in [2.45, 2.75) is 32.0 Å². The highest BCUT2D eigenvalue weighted by Crippen LogP contribution is 2.34. The van der Waals surface area contributed by atoms with Crippen LogP contribution in [0.4, 0.5) is 13.2 Å². The first-order valence-corrected chi connectivity index (χ1v) is 6.34. The Kier molecular flexibility index (Phi) is 5.07. The molecular weight excluding hydrogens is 289 g/mol. The standard InChI is InChI=1S/C10H16BrF3O2/c1-8(10(12,13)14)16-7-9(6-11)2-4-15-5-3-9/h8H,2-7H2,1H3. The molecule has 1 unspecified atom stereocenters. The van der Waals surface area contributed by atoms with Crippen LogP contribution in [0.1, 0.15) is 19.8 Å². The second-order valence-corrected chi connectivity index (χ2v) is 4.80. The molecule has 1 saturated heterocycles. The first-order chi connectivity index (χ1) is 7.40. The minimum absolute atomic E-state index is 0.127. The van der Waals surface area contributed by atoms with Crippen molar-refractivity contribution >= 4 is 15.9 Å². The van der Waals surface area contributed by atoms with E-state index in [4.69, 9.17) is 9.47 Å². The van der Waals surface area contributed by atoms with Gasteiger partial charge in [-0.25, -0.2) is 0 Å². The average molecular weight is 305 g/mol. The van der Waals surface area contributed by atoms with Gasteiger partial charge in [-0.1, -0.05) is 15.9 Å². The maximum atomic E-state index is 12.3. The van der Waals surface area contributed by atoms with Gasteiger partial charge in [-0.2, -0.15) is 13.2 Å². The van der Waals surface area contributed by atoms with Crippen molar-refractivity contribution < 1.29 is 22.6 Å². The fourth-order valence-corrected chi connectivity index (χ4v) is 2.24. The minimum Gasteiger partial charge on any atom is -0.381 e. The van der Waals surface area contributed by atoms with Gasteiger partial charge in [0, 0.05) is 24.0 Å². The van der Waals surface area contributed by atoms with E-state index in [1.807, 2.05) is 0 Å². The Morgan fingerprint density at radius 2 is 1.94 bits per heavy atom. The fraction of sp³-hybridized carbons (Fsp3) is 1.00. The Hall–Kier alpha value is 0.190. The summed E-state index contributed by atoms with van der Waals surface area (Å²) >= 11 is 3.35. The third-order valence-corrected chi connectivity index (χ3v) is 4.13. The lowest BCUT2D eigenvalue weighted by molar-refractivity contribution is -0.222. The maximum Gasteiger partial charge on any atom is 0.414 e. The zero-order valence-corrected chi connectivity index (χ0v) is 10.7. The largest absolute Gasteiger partial charge is 0.414 e. The van der Waals surface area contributed by atoms with Crippen molar-refractivity contribution in [1.29, 1.82) is 0 Å². The van der Waals surface area contributed by atoms with Gasteiger partial charge in [0.1, 0.15) is 0 Å². The van der Waals surface area contributed by atoms with Gasteiger partial charge >= 0.3 is 6.18 Å². The Bertz CT molecular complexity index is 215. The molecule has 0 aromatic carbocycles. The van der Waals surface area contributed by atoms with Crippen LogP contribution in [0.15, 0.2) is 0 Å². The van der Waals surface area contributed by atoms with Crippen LogP contribution in [-0.4, -0.2) is 37.4 Å². The molecule has 0 N–H and O–H groups in total. The van der Waals surface area contributed by atoms with Crippen molar-refractivity contribution in [1.82, 2.24) is 0 Å². The SMILES string of the molecule is CC(OCC1(CBr)CCOCC1)C(F)(F)F. The monoisotopic (exact) mass is 304 g/mol. The minimum atomic E-state index is -4.28. The summed E-state index contributed by atoms with van der Waals surface area (Å²) in [5.41, 5.74) is -0.211. The summed E-state index contributed by atoms with van der Waals surface area (Å²) in [6, 6.07) is 0. The molecule has 0 radical (unpaired) electrons. The molecule has 1 aliphatic heterocycles. The summed E-state index contributed by atoms with van der Waals surface area (Å²) < 4.78 is 46.9. The summed E-state index contributed by atoms with van der Waals surface area (Å²) in [4.78, 5) is 0. The molecule has 1 heterocycles. The maximum absolute atomic E-state index is 12.3. The third kappa shape index (κ3) is 3.89. The molecule has 6 heteroatoms. The van der Waals surface area contributed by atoms with E-state index in [-0.39, 0.29) is 12.0 Å². The zero-order chi connectivity index (χ0) is 12.2. The number of ether oxygens (including phenoxy) is 2. The molecule has 16 heavy (non-hydrogen) atoms. The molecular formula is C10H16BrF3O2. The second-order valence-electron chi connectivity index (χ2n) is 4.24. The van der Waals surface area contributed by atoms with Crippen molar-refractivity contribution in [3.8, 4) is 0 Å². The predicted octanol–water partition coefficient (Wildman–Crippen LogP) is 3.15. The highest BCUT2D eigenvalue weighted by Gasteiger charge is 2.40. The van der Waals surface area contributed by atoms with Crippen molar-refractivity contribution in [2.75, 3.05) is 25.2 Å². The van der Waals surface area contributed by atoms with Crippen LogP contribution in [0.3, 0.4) is 0 Å². The van der Waals surface area contributed by atoms with E-state index in [1.54, 1.807) is 0 Å². The first-order valence-electron chi connectivity index (χ1n) is 5.22. The Morgan fingerprint density at radius 3 is 2.38 bits per heavy atom. The molecule has 0 aromatic rings. The van der Waals surface area contributed by atoms with Crippen molar-refractivity contribution in [3.05, 3.63) is 0 Å². The molecule has 1 atom stereocenters. The van der Waals surface area contributed by atoms with Crippen LogP contribution in [0.5, 0.6) is 0 Å². The normalized spacial score (nSPS) is 23.1. The lowest BCUT2D eigenvalue weighted by Gasteiger charge is -2.36. The van der Waals surface area contributed by atoms with Crippen LogP contribution in [0.2, 0.25) is 0 Å². The van der Waals surface area contributed by atoms with Gasteiger partial charge in [0.15, 0.2) is 6.10 Å². The van der Waals surface area contributed by atoms with Crippen LogP contribution in [-0.2, 0) is 9.47 Å². The van der Waals surface area contributed by atoms with E-state index in [2.05, 4.69) is 15.9 Å². The van der Waals surface area contributed by atoms with Gasteiger partial charge in [-0.15, -0.1) is 0 Å². The predicted molar refractivity (Wildman–Crippen MR) is 57.7 cm³/mol. The van der Waals surface area contributed by atoms with Gasteiger partial charge < -0.3 is 9.47 Å². The van der Waals surface area contributed by atoms with Gasteiger partial charge in [-0.3, -0.25) is 0 Å². The highest BCUT2D eigenvalue weighted by atomic mass is 79.9. The number of alkyl halides is 4. The summed E-state index contributed by atoms with van der Waals surface area (Å²) in [5.74, 6) is 0. The van der Waals surface area contributed by atoms with E-state index in [0.717, 1.165) is 19.8 Å². The molecule has 0 spiro atoms. The van der Waals surface area contributed by atoms with Crippen LogP contribution in [0, 0.1) is 5.41 Å². The Morgan fingerprint density at radius 1 is 1.38 bits per heavy atom. The summed E-state index contributed by atoms with van der Waals surface area (Å²) in [6.07, 6.45) is -4.50. The van der Waals surface area contributed by atoms with Crippen LogP contribution >= 0.6 is 15.9 Å². The molecule has 0 aliphatic carbocycles. The van der Waals surface area contributed by atoms with E-state index in [9.17, 15) is 13.2 Å². The summed E-state index contributed by atoms with van der Waals surface area (Å²) in [6.45, 7) is 2.36. The lowest BCUT2D eigenvalue weighted by atomic mass is 9.83. The topological polar surface area (TPSA) is 18.5 Å². The average Bonchev–Trinajstić information content (AvgIpc) is 2.26. The molecule has 1 fully saturated rings. The molecule has 0 aromatic heterocycles. The van der Waals surface area contributed by atoms with Crippen molar-refractivity contribution in [2.24, 2.45) is 5.41 Å². The second kappa shape index (κ2) is 5.69.